The monoisotopic (exact) mass is 267 g/mol. The fourth-order valence-corrected chi connectivity index (χ4v) is 2.84. The molecule has 2 rings (SSSR count). The summed E-state index contributed by atoms with van der Waals surface area (Å²) in [5.74, 6) is -0.0238. The number of hydrogen-bond donors (Lipinski definition) is 2. The van der Waals surface area contributed by atoms with Gasteiger partial charge in [-0.05, 0) is 44.6 Å². The van der Waals surface area contributed by atoms with E-state index in [1.165, 1.54) is 0 Å². The Labute approximate surface area is 115 Å². The van der Waals surface area contributed by atoms with Crippen molar-refractivity contribution in [2.45, 2.75) is 45.1 Å². The first-order valence-corrected chi connectivity index (χ1v) is 7.47. The van der Waals surface area contributed by atoms with Crippen molar-refractivity contribution in [2.24, 2.45) is 5.92 Å². The minimum absolute atomic E-state index is 0.192. The van der Waals surface area contributed by atoms with Crippen molar-refractivity contribution in [1.82, 2.24) is 15.5 Å². The van der Waals surface area contributed by atoms with Gasteiger partial charge in [-0.25, -0.2) is 0 Å². The molecule has 0 aromatic carbocycles. The maximum absolute atomic E-state index is 12.1. The van der Waals surface area contributed by atoms with E-state index in [0.717, 1.165) is 51.1 Å². The summed E-state index contributed by atoms with van der Waals surface area (Å²) < 4.78 is 0. The lowest BCUT2D eigenvalue weighted by molar-refractivity contribution is -0.146. The molecule has 1 aliphatic heterocycles. The van der Waals surface area contributed by atoms with E-state index in [9.17, 15) is 9.59 Å². The Morgan fingerprint density at radius 2 is 1.84 bits per heavy atom. The van der Waals surface area contributed by atoms with Gasteiger partial charge in [0.2, 0.25) is 0 Å². The van der Waals surface area contributed by atoms with Crippen LogP contribution in [-0.2, 0) is 9.59 Å². The number of carbonyl (C=O) groups is 2. The third-order valence-electron chi connectivity index (χ3n) is 4.17. The van der Waals surface area contributed by atoms with Crippen molar-refractivity contribution in [2.75, 3.05) is 26.2 Å². The van der Waals surface area contributed by atoms with E-state index in [0.29, 0.717) is 13.1 Å². The maximum Gasteiger partial charge on any atom is 0.311 e. The molecule has 0 aromatic heterocycles. The SMILES string of the molecule is CC1CCC(NC(=O)C(=O)N2CCCNCC2)CC1. The van der Waals surface area contributed by atoms with Gasteiger partial charge in [0.1, 0.15) is 0 Å². The van der Waals surface area contributed by atoms with Crippen LogP contribution in [-0.4, -0.2) is 48.9 Å². The van der Waals surface area contributed by atoms with Gasteiger partial charge in [0.05, 0.1) is 0 Å². The molecule has 1 saturated carbocycles. The Bertz CT molecular complexity index is 317. The zero-order valence-electron chi connectivity index (χ0n) is 11.8. The molecular formula is C14H25N3O2. The van der Waals surface area contributed by atoms with E-state index < -0.39 is 5.91 Å². The zero-order chi connectivity index (χ0) is 13.7. The van der Waals surface area contributed by atoms with E-state index in [1.807, 2.05) is 0 Å². The average molecular weight is 267 g/mol. The minimum atomic E-state index is -0.415. The van der Waals surface area contributed by atoms with Gasteiger partial charge < -0.3 is 15.5 Å². The molecule has 1 aliphatic carbocycles. The van der Waals surface area contributed by atoms with Crippen LogP contribution in [0.15, 0.2) is 0 Å². The molecule has 5 nitrogen and oxygen atoms in total. The maximum atomic E-state index is 12.1. The second kappa shape index (κ2) is 6.89. The van der Waals surface area contributed by atoms with Crippen molar-refractivity contribution >= 4 is 11.8 Å². The van der Waals surface area contributed by atoms with Gasteiger partial charge >= 0.3 is 11.8 Å². The molecule has 1 heterocycles. The smallest absolute Gasteiger partial charge is 0.311 e. The molecule has 2 amide bonds. The highest BCUT2D eigenvalue weighted by molar-refractivity contribution is 6.35. The van der Waals surface area contributed by atoms with Crippen LogP contribution in [0.4, 0.5) is 0 Å². The first kappa shape index (κ1) is 14.3. The summed E-state index contributed by atoms with van der Waals surface area (Å²) >= 11 is 0. The molecule has 0 atom stereocenters. The van der Waals surface area contributed by atoms with Crippen LogP contribution in [0.5, 0.6) is 0 Å². The number of nitrogens with one attached hydrogen (secondary N) is 2. The van der Waals surface area contributed by atoms with E-state index >= 15 is 0 Å². The van der Waals surface area contributed by atoms with Crippen molar-refractivity contribution < 1.29 is 9.59 Å². The highest BCUT2D eigenvalue weighted by Gasteiger charge is 2.26. The molecule has 2 fully saturated rings. The molecular weight excluding hydrogens is 242 g/mol. The van der Waals surface area contributed by atoms with Crippen LogP contribution in [0.25, 0.3) is 0 Å². The van der Waals surface area contributed by atoms with Crippen LogP contribution >= 0.6 is 0 Å². The number of carbonyl (C=O) groups excluding carboxylic acids is 2. The van der Waals surface area contributed by atoms with Crippen LogP contribution in [0.2, 0.25) is 0 Å². The second-order valence-electron chi connectivity index (χ2n) is 5.83. The molecule has 0 bridgehead atoms. The predicted molar refractivity (Wildman–Crippen MR) is 73.6 cm³/mol. The van der Waals surface area contributed by atoms with Crippen molar-refractivity contribution in [3.63, 3.8) is 0 Å². The summed E-state index contributed by atoms with van der Waals surface area (Å²) in [6, 6.07) is 0.192. The Balaban J connectivity index is 1.79. The molecule has 5 heteroatoms. The fraction of sp³-hybridized carbons (Fsp3) is 0.857. The Morgan fingerprint density at radius 3 is 2.58 bits per heavy atom. The Hall–Kier alpha value is -1.10. The summed E-state index contributed by atoms with van der Waals surface area (Å²) in [4.78, 5) is 25.7. The van der Waals surface area contributed by atoms with Crippen LogP contribution in [0.3, 0.4) is 0 Å². The van der Waals surface area contributed by atoms with E-state index in [4.69, 9.17) is 0 Å². The van der Waals surface area contributed by atoms with Crippen LogP contribution in [0, 0.1) is 5.92 Å². The molecule has 0 radical (unpaired) electrons. The first-order chi connectivity index (χ1) is 9.16. The number of nitrogens with zero attached hydrogens (tertiary/aromatic N) is 1. The van der Waals surface area contributed by atoms with Gasteiger partial charge in [-0.15, -0.1) is 0 Å². The lowest BCUT2D eigenvalue weighted by Crippen LogP contribution is -2.48. The number of hydrogen-bond acceptors (Lipinski definition) is 3. The van der Waals surface area contributed by atoms with Crippen molar-refractivity contribution in [3.05, 3.63) is 0 Å². The predicted octanol–water partition coefficient (Wildman–Crippen LogP) is 0.503. The molecule has 0 aromatic rings. The summed E-state index contributed by atoms with van der Waals surface area (Å²) in [6.07, 6.45) is 5.21. The lowest BCUT2D eigenvalue weighted by Gasteiger charge is -2.27. The summed E-state index contributed by atoms with van der Waals surface area (Å²) in [5, 5.41) is 6.14. The topological polar surface area (TPSA) is 61.4 Å². The highest BCUT2D eigenvalue weighted by Crippen LogP contribution is 2.23. The van der Waals surface area contributed by atoms with E-state index in [1.54, 1.807) is 4.90 Å². The molecule has 19 heavy (non-hydrogen) atoms. The van der Waals surface area contributed by atoms with Crippen LogP contribution in [0.1, 0.15) is 39.0 Å². The highest BCUT2D eigenvalue weighted by atomic mass is 16.2. The second-order valence-corrected chi connectivity index (χ2v) is 5.83. The molecule has 0 unspecified atom stereocenters. The molecule has 1 saturated heterocycles. The summed E-state index contributed by atoms with van der Waals surface area (Å²) in [7, 11) is 0. The Kier molecular flexibility index (Phi) is 5.19. The number of amides is 2. The minimum Gasteiger partial charge on any atom is -0.345 e. The standard InChI is InChI=1S/C14H25N3O2/c1-11-3-5-12(6-4-11)16-13(18)14(19)17-9-2-7-15-8-10-17/h11-12,15H,2-10H2,1H3,(H,16,18). The summed E-state index contributed by atoms with van der Waals surface area (Å²) in [6.45, 7) is 5.26. The van der Waals surface area contributed by atoms with Gasteiger partial charge in [0, 0.05) is 25.7 Å². The molecule has 2 aliphatic rings. The third-order valence-corrected chi connectivity index (χ3v) is 4.17. The third kappa shape index (κ3) is 4.20. The molecule has 2 N–H and O–H groups in total. The lowest BCUT2D eigenvalue weighted by atomic mass is 9.87. The average Bonchev–Trinajstić information content (AvgIpc) is 2.69. The van der Waals surface area contributed by atoms with Crippen molar-refractivity contribution in [1.29, 1.82) is 0 Å². The fourth-order valence-electron chi connectivity index (χ4n) is 2.84. The van der Waals surface area contributed by atoms with Gasteiger partial charge in [-0.3, -0.25) is 9.59 Å². The molecule has 0 spiro atoms. The largest absolute Gasteiger partial charge is 0.345 e. The van der Waals surface area contributed by atoms with E-state index in [2.05, 4.69) is 17.6 Å². The normalized spacial score (nSPS) is 28.6. The quantitative estimate of drug-likeness (QED) is 0.680. The van der Waals surface area contributed by atoms with Gasteiger partial charge in [0.15, 0.2) is 0 Å². The molecule has 108 valence electrons. The van der Waals surface area contributed by atoms with Crippen LogP contribution < -0.4 is 10.6 Å². The summed E-state index contributed by atoms with van der Waals surface area (Å²) in [5.41, 5.74) is 0. The van der Waals surface area contributed by atoms with Gasteiger partial charge in [-0.1, -0.05) is 6.92 Å². The van der Waals surface area contributed by atoms with Crippen molar-refractivity contribution in [3.8, 4) is 0 Å². The zero-order valence-corrected chi connectivity index (χ0v) is 11.8. The van der Waals surface area contributed by atoms with E-state index in [-0.39, 0.29) is 11.9 Å². The van der Waals surface area contributed by atoms with Gasteiger partial charge in [-0.2, -0.15) is 0 Å². The van der Waals surface area contributed by atoms with Gasteiger partial charge in [0.25, 0.3) is 0 Å². The Morgan fingerprint density at radius 1 is 1.11 bits per heavy atom. The number of rotatable bonds is 1. The first-order valence-electron chi connectivity index (χ1n) is 7.47.